The van der Waals surface area contributed by atoms with E-state index in [0.717, 1.165) is 0 Å². The SMILES string of the molecule is COc1ccc(Oc2ncnc(Nc3nccs3)c2[N+](=O)[O-])cc1. The molecule has 0 spiro atoms. The van der Waals surface area contributed by atoms with Crippen LogP contribution >= 0.6 is 11.3 Å². The van der Waals surface area contributed by atoms with Crippen LogP contribution in [0.5, 0.6) is 17.4 Å². The van der Waals surface area contributed by atoms with Crippen LogP contribution in [0.1, 0.15) is 0 Å². The number of nitro groups is 1. The van der Waals surface area contributed by atoms with Gasteiger partial charge in [-0.3, -0.25) is 10.1 Å². The molecule has 0 atom stereocenters. The molecular formula is C14H11N5O4S. The van der Waals surface area contributed by atoms with E-state index < -0.39 is 4.92 Å². The molecule has 3 rings (SSSR count). The van der Waals surface area contributed by atoms with Crippen LogP contribution in [-0.4, -0.2) is 27.0 Å². The quantitative estimate of drug-likeness (QED) is 0.534. The number of hydrogen-bond acceptors (Lipinski definition) is 9. The van der Waals surface area contributed by atoms with Gasteiger partial charge in [0, 0.05) is 11.6 Å². The maximum absolute atomic E-state index is 11.4. The molecular weight excluding hydrogens is 334 g/mol. The third-order valence-corrected chi connectivity index (χ3v) is 3.59. The van der Waals surface area contributed by atoms with Crippen LogP contribution in [0.3, 0.4) is 0 Å². The fraction of sp³-hybridized carbons (Fsp3) is 0.0714. The van der Waals surface area contributed by atoms with Crippen molar-refractivity contribution in [3.63, 3.8) is 0 Å². The highest BCUT2D eigenvalue weighted by atomic mass is 32.1. The molecule has 3 aromatic rings. The molecule has 10 heteroatoms. The molecule has 122 valence electrons. The summed E-state index contributed by atoms with van der Waals surface area (Å²) >= 11 is 1.29. The van der Waals surface area contributed by atoms with Crippen molar-refractivity contribution in [1.82, 2.24) is 15.0 Å². The van der Waals surface area contributed by atoms with E-state index >= 15 is 0 Å². The lowest BCUT2D eigenvalue weighted by Crippen LogP contribution is -2.03. The second kappa shape index (κ2) is 6.87. The second-order valence-corrected chi connectivity index (χ2v) is 5.27. The smallest absolute Gasteiger partial charge is 0.373 e. The van der Waals surface area contributed by atoms with Crippen LogP contribution in [-0.2, 0) is 0 Å². The molecule has 2 aromatic heterocycles. The Bertz CT molecular complexity index is 839. The molecule has 9 nitrogen and oxygen atoms in total. The minimum atomic E-state index is -0.602. The van der Waals surface area contributed by atoms with Crippen LogP contribution < -0.4 is 14.8 Å². The van der Waals surface area contributed by atoms with Gasteiger partial charge in [0.25, 0.3) is 0 Å². The lowest BCUT2D eigenvalue weighted by Gasteiger charge is -2.08. The Morgan fingerprint density at radius 2 is 1.92 bits per heavy atom. The van der Waals surface area contributed by atoms with Crippen molar-refractivity contribution in [3.8, 4) is 17.4 Å². The van der Waals surface area contributed by atoms with Crippen LogP contribution in [0, 0.1) is 10.1 Å². The number of benzene rings is 1. The van der Waals surface area contributed by atoms with E-state index in [-0.39, 0.29) is 17.4 Å². The molecule has 0 fully saturated rings. The maximum Gasteiger partial charge on any atom is 0.373 e. The van der Waals surface area contributed by atoms with Crippen molar-refractivity contribution in [2.24, 2.45) is 0 Å². The van der Waals surface area contributed by atoms with Crippen molar-refractivity contribution in [2.75, 3.05) is 12.4 Å². The molecule has 0 bridgehead atoms. The zero-order valence-corrected chi connectivity index (χ0v) is 13.2. The highest BCUT2D eigenvalue weighted by Gasteiger charge is 2.25. The minimum Gasteiger partial charge on any atom is -0.497 e. The molecule has 0 aliphatic rings. The van der Waals surface area contributed by atoms with Crippen molar-refractivity contribution < 1.29 is 14.4 Å². The number of aromatic nitrogens is 3. The Hall–Kier alpha value is -3.27. The molecule has 1 N–H and O–H groups in total. The number of anilines is 2. The largest absolute Gasteiger partial charge is 0.497 e. The van der Waals surface area contributed by atoms with Crippen molar-refractivity contribution >= 4 is 28.0 Å². The third kappa shape index (κ3) is 3.38. The van der Waals surface area contributed by atoms with Crippen LogP contribution in [0.25, 0.3) is 0 Å². The summed E-state index contributed by atoms with van der Waals surface area (Å²) < 4.78 is 10.6. The molecule has 0 aliphatic heterocycles. The van der Waals surface area contributed by atoms with Gasteiger partial charge in [0.1, 0.15) is 17.8 Å². The number of nitrogens with one attached hydrogen (secondary N) is 1. The number of rotatable bonds is 6. The minimum absolute atomic E-state index is 0.00783. The van der Waals surface area contributed by atoms with Gasteiger partial charge < -0.3 is 14.8 Å². The number of methoxy groups -OCH3 is 1. The summed E-state index contributed by atoms with van der Waals surface area (Å²) in [5.41, 5.74) is -0.372. The standard InChI is InChI=1S/C14H11N5O4S/c1-22-9-2-4-10(5-3-9)23-13-11(19(20)21)12(16-8-17-13)18-14-15-6-7-24-14/h2-8H,1H3,(H,15,16,17,18). The van der Waals surface area contributed by atoms with Gasteiger partial charge in [-0.05, 0) is 24.3 Å². The van der Waals surface area contributed by atoms with Crippen LogP contribution in [0.2, 0.25) is 0 Å². The monoisotopic (exact) mass is 345 g/mol. The van der Waals surface area contributed by atoms with Crippen molar-refractivity contribution in [2.45, 2.75) is 0 Å². The lowest BCUT2D eigenvalue weighted by molar-refractivity contribution is -0.385. The zero-order valence-electron chi connectivity index (χ0n) is 12.4. The molecule has 2 heterocycles. The van der Waals surface area contributed by atoms with E-state index in [1.165, 1.54) is 17.7 Å². The fourth-order valence-corrected chi connectivity index (χ4v) is 2.36. The van der Waals surface area contributed by atoms with Gasteiger partial charge in [0.05, 0.1) is 12.0 Å². The number of hydrogen-bond donors (Lipinski definition) is 1. The summed E-state index contributed by atoms with van der Waals surface area (Å²) in [5, 5.41) is 16.4. The first-order chi connectivity index (χ1) is 11.7. The van der Waals surface area contributed by atoms with E-state index in [1.807, 2.05) is 0 Å². The first kappa shape index (κ1) is 15.6. The molecule has 0 saturated heterocycles. The Labute approximate surface area is 140 Å². The summed E-state index contributed by atoms with van der Waals surface area (Å²) in [6.45, 7) is 0. The summed E-state index contributed by atoms with van der Waals surface area (Å²) in [7, 11) is 1.54. The van der Waals surface area contributed by atoms with Gasteiger partial charge in [-0.2, -0.15) is 4.98 Å². The predicted octanol–water partition coefficient (Wildman–Crippen LogP) is 3.39. The number of nitrogens with zero attached hydrogens (tertiary/aromatic N) is 4. The topological polar surface area (TPSA) is 112 Å². The number of ether oxygens (including phenoxy) is 2. The van der Waals surface area contributed by atoms with Gasteiger partial charge in [0.15, 0.2) is 5.13 Å². The molecule has 0 saturated carbocycles. The molecule has 0 unspecified atom stereocenters. The Kier molecular flexibility index (Phi) is 4.47. The molecule has 0 amide bonds. The fourth-order valence-electron chi connectivity index (χ4n) is 1.84. The maximum atomic E-state index is 11.4. The van der Waals surface area contributed by atoms with Crippen molar-refractivity contribution in [1.29, 1.82) is 0 Å². The van der Waals surface area contributed by atoms with E-state index in [1.54, 1.807) is 43.0 Å². The predicted molar refractivity (Wildman–Crippen MR) is 87.2 cm³/mol. The van der Waals surface area contributed by atoms with Crippen LogP contribution in [0.15, 0.2) is 42.2 Å². The van der Waals surface area contributed by atoms with Gasteiger partial charge in [-0.1, -0.05) is 0 Å². The Balaban J connectivity index is 1.92. The first-order valence-corrected chi connectivity index (χ1v) is 7.53. The third-order valence-electron chi connectivity index (χ3n) is 2.90. The summed E-state index contributed by atoms with van der Waals surface area (Å²) in [4.78, 5) is 22.6. The van der Waals surface area contributed by atoms with Gasteiger partial charge >= 0.3 is 11.6 Å². The Morgan fingerprint density at radius 1 is 1.17 bits per heavy atom. The normalized spacial score (nSPS) is 10.2. The van der Waals surface area contributed by atoms with E-state index in [4.69, 9.17) is 9.47 Å². The van der Waals surface area contributed by atoms with E-state index in [2.05, 4.69) is 20.3 Å². The second-order valence-electron chi connectivity index (χ2n) is 4.37. The molecule has 0 radical (unpaired) electrons. The number of thiazole rings is 1. The summed E-state index contributed by atoms with van der Waals surface area (Å²) in [5.74, 6) is 0.871. The van der Waals surface area contributed by atoms with Gasteiger partial charge in [-0.25, -0.2) is 9.97 Å². The van der Waals surface area contributed by atoms with E-state index in [0.29, 0.717) is 16.6 Å². The average molecular weight is 345 g/mol. The van der Waals surface area contributed by atoms with Gasteiger partial charge in [-0.15, -0.1) is 11.3 Å². The highest BCUT2D eigenvalue weighted by Crippen LogP contribution is 2.35. The zero-order chi connectivity index (χ0) is 16.9. The molecule has 1 aromatic carbocycles. The Morgan fingerprint density at radius 3 is 2.54 bits per heavy atom. The molecule has 24 heavy (non-hydrogen) atoms. The highest BCUT2D eigenvalue weighted by molar-refractivity contribution is 7.13. The van der Waals surface area contributed by atoms with Crippen LogP contribution in [0.4, 0.5) is 16.6 Å². The lowest BCUT2D eigenvalue weighted by atomic mass is 10.3. The first-order valence-electron chi connectivity index (χ1n) is 6.65. The molecule has 0 aliphatic carbocycles. The van der Waals surface area contributed by atoms with Gasteiger partial charge in [0.2, 0.25) is 5.82 Å². The average Bonchev–Trinajstić information content (AvgIpc) is 3.08. The summed E-state index contributed by atoms with van der Waals surface area (Å²) in [6, 6.07) is 6.60. The van der Waals surface area contributed by atoms with E-state index in [9.17, 15) is 10.1 Å². The summed E-state index contributed by atoms with van der Waals surface area (Å²) in [6.07, 6.45) is 2.76. The van der Waals surface area contributed by atoms with Crippen molar-refractivity contribution in [3.05, 3.63) is 52.3 Å².